The number of hydrogen-bond acceptors (Lipinski definition) is 3. The molecule has 0 radical (unpaired) electrons. The molecule has 0 aliphatic rings. The lowest BCUT2D eigenvalue weighted by molar-refractivity contribution is 0.539. The molecule has 0 spiro atoms. The minimum absolute atomic E-state index is 0.478. The van der Waals surface area contributed by atoms with E-state index >= 15 is 0 Å². The molecule has 21 heavy (non-hydrogen) atoms. The lowest BCUT2D eigenvalue weighted by atomic mass is 10.1. The van der Waals surface area contributed by atoms with Gasteiger partial charge in [0.1, 0.15) is 5.82 Å². The first-order chi connectivity index (χ1) is 9.73. The first-order valence-electron chi connectivity index (χ1n) is 8.23. The fourth-order valence-electron chi connectivity index (χ4n) is 2.68. The van der Waals surface area contributed by atoms with Crippen LogP contribution in [0.5, 0.6) is 0 Å². The van der Waals surface area contributed by atoms with Gasteiger partial charge in [-0.25, -0.2) is 0 Å². The van der Waals surface area contributed by atoms with Crippen LogP contribution in [0.25, 0.3) is 0 Å². The minimum atomic E-state index is 0.478. The van der Waals surface area contributed by atoms with Gasteiger partial charge in [0.2, 0.25) is 0 Å². The molecule has 1 aromatic rings. The molecule has 1 heterocycles. The van der Waals surface area contributed by atoms with Crippen LogP contribution in [-0.4, -0.2) is 28.9 Å². The van der Waals surface area contributed by atoms with E-state index in [0.29, 0.717) is 17.9 Å². The van der Waals surface area contributed by atoms with Crippen molar-refractivity contribution >= 4 is 5.82 Å². The zero-order valence-electron chi connectivity index (χ0n) is 15.2. The highest BCUT2D eigenvalue weighted by Crippen LogP contribution is 2.26. The molecule has 0 aromatic carbocycles. The van der Waals surface area contributed by atoms with Crippen LogP contribution in [0, 0.1) is 18.8 Å². The topological polar surface area (TPSA) is 33.1 Å². The Balaban J connectivity index is 3.02. The number of aryl methyl sites for hydroxylation is 2. The Hall–Kier alpha value is -1.03. The smallest absolute Gasteiger partial charge is 0.131 e. The van der Waals surface area contributed by atoms with E-state index in [-0.39, 0.29) is 0 Å². The number of anilines is 1. The SMILES string of the molecule is Cc1nn(C)c(N(CC(C)C)C(C)C)c1CNCC(C)C. The third-order valence-corrected chi connectivity index (χ3v) is 3.62. The monoisotopic (exact) mass is 294 g/mol. The van der Waals surface area contributed by atoms with Gasteiger partial charge in [0, 0.05) is 31.7 Å². The second-order valence-electron chi connectivity index (χ2n) is 7.18. The van der Waals surface area contributed by atoms with Crippen LogP contribution in [0.3, 0.4) is 0 Å². The first kappa shape index (κ1) is 18.0. The van der Waals surface area contributed by atoms with Gasteiger partial charge in [-0.1, -0.05) is 27.7 Å². The summed E-state index contributed by atoms with van der Waals surface area (Å²) in [5, 5.41) is 8.22. The van der Waals surface area contributed by atoms with Gasteiger partial charge < -0.3 is 10.2 Å². The number of rotatable bonds is 8. The molecule has 0 atom stereocenters. The molecule has 0 aliphatic carbocycles. The molecule has 0 bridgehead atoms. The summed E-state index contributed by atoms with van der Waals surface area (Å²) in [6.07, 6.45) is 0. The van der Waals surface area contributed by atoms with E-state index in [2.05, 4.69) is 70.8 Å². The average molecular weight is 294 g/mol. The van der Waals surface area contributed by atoms with Crippen LogP contribution in [0.15, 0.2) is 0 Å². The van der Waals surface area contributed by atoms with E-state index in [1.165, 1.54) is 11.4 Å². The third-order valence-electron chi connectivity index (χ3n) is 3.62. The van der Waals surface area contributed by atoms with Crippen molar-refractivity contribution in [2.24, 2.45) is 18.9 Å². The quantitative estimate of drug-likeness (QED) is 0.798. The molecule has 0 unspecified atom stereocenters. The zero-order chi connectivity index (χ0) is 16.2. The van der Waals surface area contributed by atoms with Crippen molar-refractivity contribution in [1.29, 1.82) is 0 Å². The largest absolute Gasteiger partial charge is 0.354 e. The van der Waals surface area contributed by atoms with E-state index in [1.54, 1.807) is 0 Å². The summed E-state index contributed by atoms with van der Waals surface area (Å²) in [5.41, 5.74) is 2.48. The Bertz CT molecular complexity index is 432. The number of nitrogens with one attached hydrogen (secondary N) is 1. The van der Waals surface area contributed by atoms with Gasteiger partial charge in [-0.15, -0.1) is 0 Å². The maximum absolute atomic E-state index is 4.65. The van der Waals surface area contributed by atoms with Gasteiger partial charge in [0.15, 0.2) is 0 Å². The van der Waals surface area contributed by atoms with Gasteiger partial charge in [-0.2, -0.15) is 5.10 Å². The van der Waals surface area contributed by atoms with Crippen molar-refractivity contribution in [3.05, 3.63) is 11.3 Å². The van der Waals surface area contributed by atoms with E-state index in [0.717, 1.165) is 25.3 Å². The maximum Gasteiger partial charge on any atom is 0.131 e. The van der Waals surface area contributed by atoms with E-state index in [1.807, 2.05) is 4.68 Å². The summed E-state index contributed by atoms with van der Waals surface area (Å²) in [7, 11) is 2.06. The minimum Gasteiger partial charge on any atom is -0.354 e. The van der Waals surface area contributed by atoms with Crippen LogP contribution < -0.4 is 10.2 Å². The molecule has 0 amide bonds. The Kier molecular flexibility index (Phi) is 6.72. The first-order valence-corrected chi connectivity index (χ1v) is 8.23. The van der Waals surface area contributed by atoms with Crippen molar-refractivity contribution in [2.75, 3.05) is 18.0 Å². The van der Waals surface area contributed by atoms with Crippen molar-refractivity contribution < 1.29 is 0 Å². The molecule has 0 saturated carbocycles. The summed E-state index contributed by atoms with van der Waals surface area (Å²) >= 11 is 0. The number of hydrogen-bond donors (Lipinski definition) is 1. The molecule has 4 nitrogen and oxygen atoms in total. The van der Waals surface area contributed by atoms with Crippen LogP contribution >= 0.6 is 0 Å². The van der Waals surface area contributed by atoms with E-state index in [4.69, 9.17) is 0 Å². The lowest BCUT2D eigenvalue weighted by Gasteiger charge is -2.31. The fraction of sp³-hybridized carbons (Fsp3) is 0.824. The molecular weight excluding hydrogens is 260 g/mol. The number of aromatic nitrogens is 2. The van der Waals surface area contributed by atoms with E-state index < -0.39 is 0 Å². The predicted molar refractivity (Wildman–Crippen MR) is 91.8 cm³/mol. The molecule has 1 aromatic heterocycles. The van der Waals surface area contributed by atoms with Crippen LogP contribution in [-0.2, 0) is 13.6 Å². The molecule has 1 rings (SSSR count). The summed E-state index contributed by atoms with van der Waals surface area (Å²) < 4.78 is 2.05. The highest BCUT2D eigenvalue weighted by molar-refractivity contribution is 5.51. The summed E-state index contributed by atoms with van der Waals surface area (Å²) in [4.78, 5) is 2.48. The summed E-state index contributed by atoms with van der Waals surface area (Å²) in [6.45, 7) is 18.7. The molecule has 0 aliphatic heterocycles. The fourth-order valence-corrected chi connectivity index (χ4v) is 2.68. The predicted octanol–water partition coefficient (Wildman–Crippen LogP) is 3.34. The third kappa shape index (κ3) is 5.03. The van der Waals surface area contributed by atoms with Crippen LogP contribution in [0.4, 0.5) is 5.82 Å². The molecule has 122 valence electrons. The molecule has 0 fully saturated rings. The molecule has 1 N–H and O–H groups in total. The van der Waals surface area contributed by atoms with Crippen molar-refractivity contribution in [3.63, 3.8) is 0 Å². The Labute approximate surface area is 130 Å². The second kappa shape index (κ2) is 7.83. The van der Waals surface area contributed by atoms with Gasteiger partial charge >= 0.3 is 0 Å². The van der Waals surface area contributed by atoms with Crippen molar-refractivity contribution in [3.8, 4) is 0 Å². The maximum atomic E-state index is 4.65. The van der Waals surface area contributed by atoms with Crippen molar-refractivity contribution in [2.45, 2.75) is 61.1 Å². The summed E-state index contributed by atoms with van der Waals surface area (Å²) in [5.74, 6) is 2.58. The Morgan fingerprint density at radius 3 is 2.19 bits per heavy atom. The Morgan fingerprint density at radius 2 is 1.71 bits per heavy atom. The van der Waals surface area contributed by atoms with Crippen LogP contribution in [0.1, 0.15) is 52.8 Å². The second-order valence-corrected chi connectivity index (χ2v) is 7.18. The molecular formula is C17H34N4. The normalized spacial score (nSPS) is 12.0. The summed E-state index contributed by atoms with van der Waals surface area (Å²) in [6, 6.07) is 0.478. The Morgan fingerprint density at radius 1 is 1.10 bits per heavy atom. The number of nitrogens with zero attached hydrogens (tertiary/aromatic N) is 3. The van der Waals surface area contributed by atoms with Gasteiger partial charge in [-0.05, 0) is 39.2 Å². The lowest BCUT2D eigenvalue weighted by Crippen LogP contribution is -2.36. The zero-order valence-corrected chi connectivity index (χ0v) is 15.2. The van der Waals surface area contributed by atoms with Gasteiger partial charge in [0.05, 0.1) is 5.69 Å². The van der Waals surface area contributed by atoms with Crippen LogP contribution in [0.2, 0.25) is 0 Å². The highest BCUT2D eigenvalue weighted by atomic mass is 15.4. The molecule has 0 saturated heterocycles. The molecule has 4 heteroatoms. The van der Waals surface area contributed by atoms with Gasteiger partial charge in [0.25, 0.3) is 0 Å². The van der Waals surface area contributed by atoms with E-state index in [9.17, 15) is 0 Å². The van der Waals surface area contributed by atoms with Crippen molar-refractivity contribution in [1.82, 2.24) is 15.1 Å². The highest BCUT2D eigenvalue weighted by Gasteiger charge is 2.22. The van der Waals surface area contributed by atoms with Gasteiger partial charge in [-0.3, -0.25) is 4.68 Å². The average Bonchev–Trinajstić information content (AvgIpc) is 2.60. The standard InChI is InChI=1S/C17H34N4/c1-12(2)9-18-10-16-15(7)19-20(8)17(16)21(14(5)6)11-13(3)4/h12-14,18H,9-11H2,1-8H3.